The predicted molar refractivity (Wildman–Crippen MR) is 64.4 cm³/mol. The Labute approximate surface area is 98.2 Å². The van der Waals surface area contributed by atoms with Gasteiger partial charge in [-0.2, -0.15) is 0 Å². The van der Waals surface area contributed by atoms with Gasteiger partial charge in [0.05, 0.1) is 12.1 Å². The molecule has 0 N–H and O–H groups in total. The summed E-state index contributed by atoms with van der Waals surface area (Å²) in [7, 11) is 1.93. The van der Waals surface area contributed by atoms with Crippen molar-refractivity contribution in [3.63, 3.8) is 0 Å². The van der Waals surface area contributed by atoms with E-state index >= 15 is 0 Å². The van der Waals surface area contributed by atoms with Crippen molar-refractivity contribution in [2.75, 3.05) is 33.2 Å². The number of hydrogen-bond acceptors (Lipinski definition) is 2. The van der Waals surface area contributed by atoms with Gasteiger partial charge in [0.25, 0.3) is 0 Å². The first-order valence-electron chi connectivity index (χ1n) is 6.30. The average molecular weight is 225 g/mol. The number of carbonyl (C=O) groups excluding carboxylic acids is 1. The summed E-state index contributed by atoms with van der Waals surface area (Å²) in [4.78, 5) is 18.4. The number of nitrogens with zero attached hydrogens (tertiary/aromatic N) is 3. The molecule has 0 aromatic carbocycles. The number of likely N-dealkylation sites (tertiary alicyclic amines) is 1. The number of amides is 2. The summed E-state index contributed by atoms with van der Waals surface area (Å²) in [5.74, 6) is 0.543. The standard InChI is InChI=1S/C12H23N3O/c1-5-14-6-10(7-14)15-8-11(9(2)3)13(4)12(15)16/h9-11H,5-8H2,1-4H3. The van der Waals surface area contributed by atoms with E-state index in [1.165, 1.54) is 0 Å². The van der Waals surface area contributed by atoms with Crippen LogP contribution in [0.25, 0.3) is 0 Å². The molecule has 4 nitrogen and oxygen atoms in total. The second-order valence-electron chi connectivity index (χ2n) is 5.36. The van der Waals surface area contributed by atoms with E-state index in [1.807, 2.05) is 11.9 Å². The van der Waals surface area contributed by atoms with Gasteiger partial charge in [-0.1, -0.05) is 20.8 Å². The van der Waals surface area contributed by atoms with Gasteiger partial charge in [0, 0.05) is 26.7 Å². The van der Waals surface area contributed by atoms with Crippen LogP contribution in [0.15, 0.2) is 0 Å². The van der Waals surface area contributed by atoms with Gasteiger partial charge in [-0.3, -0.25) is 4.90 Å². The maximum Gasteiger partial charge on any atom is 0.320 e. The summed E-state index contributed by atoms with van der Waals surface area (Å²) < 4.78 is 0. The molecule has 0 aromatic rings. The zero-order chi connectivity index (χ0) is 11.9. The summed E-state index contributed by atoms with van der Waals surface area (Å²) in [6.45, 7) is 10.7. The fraction of sp³-hybridized carbons (Fsp3) is 0.917. The van der Waals surface area contributed by atoms with E-state index in [4.69, 9.17) is 0 Å². The molecule has 2 fully saturated rings. The summed E-state index contributed by atoms with van der Waals surface area (Å²) in [5, 5.41) is 0. The Morgan fingerprint density at radius 1 is 1.31 bits per heavy atom. The maximum absolute atomic E-state index is 12.1. The number of likely N-dealkylation sites (N-methyl/N-ethyl adjacent to an activating group) is 2. The fourth-order valence-corrected chi connectivity index (χ4v) is 2.71. The van der Waals surface area contributed by atoms with Crippen LogP contribution < -0.4 is 0 Å². The van der Waals surface area contributed by atoms with Crippen LogP contribution in [0, 0.1) is 5.92 Å². The maximum atomic E-state index is 12.1. The number of hydrogen-bond donors (Lipinski definition) is 0. The molecule has 2 aliphatic heterocycles. The van der Waals surface area contributed by atoms with Crippen LogP contribution in [-0.2, 0) is 0 Å². The van der Waals surface area contributed by atoms with Gasteiger partial charge < -0.3 is 9.80 Å². The minimum Gasteiger partial charge on any atom is -0.323 e. The van der Waals surface area contributed by atoms with Crippen molar-refractivity contribution < 1.29 is 4.79 Å². The Morgan fingerprint density at radius 3 is 2.38 bits per heavy atom. The zero-order valence-corrected chi connectivity index (χ0v) is 10.8. The molecular weight excluding hydrogens is 202 g/mol. The van der Waals surface area contributed by atoms with Crippen molar-refractivity contribution >= 4 is 6.03 Å². The first kappa shape index (κ1) is 11.7. The highest BCUT2D eigenvalue weighted by molar-refractivity contribution is 5.77. The van der Waals surface area contributed by atoms with Crippen LogP contribution >= 0.6 is 0 Å². The summed E-state index contributed by atoms with van der Waals surface area (Å²) in [6, 6.07) is 1.07. The van der Waals surface area contributed by atoms with Gasteiger partial charge >= 0.3 is 6.03 Å². The SMILES string of the molecule is CCN1CC(N2CC(C(C)C)N(C)C2=O)C1. The van der Waals surface area contributed by atoms with Crippen LogP contribution in [0.1, 0.15) is 20.8 Å². The van der Waals surface area contributed by atoms with Crippen LogP contribution in [0.5, 0.6) is 0 Å². The first-order valence-corrected chi connectivity index (χ1v) is 6.30. The molecule has 2 saturated heterocycles. The van der Waals surface area contributed by atoms with E-state index in [2.05, 4.69) is 30.6 Å². The normalized spacial score (nSPS) is 28.1. The van der Waals surface area contributed by atoms with Crippen molar-refractivity contribution in [1.82, 2.24) is 14.7 Å². The van der Waals surface area contributed by atoms with Crippen LogP contribution in [0.2, 0.25) is 0 Å². The zero-order valence-electron chi connectivity index (χ0n) is 10.8. The topological polar surface area (TPSA) is 26.8 Å². The molecule has 0 aliphatic carbocycles. The van der Waals surface area contributed by atoms with Crippen LogP contribution in [-0.4, -0.2) is 66.0 Å². The molecule has 0 spiro atoms. The Balaban J connectivity index is 1.95. The Hall–Kier alpha value is -0.770. The Morgan fingerprint density at radius 2 is 1.94 bits per heavy atom. The Bertz CT molecular complexity index is 273. The van der Waals surface area contributed by atoms with Gasteiger partial charge in [-0.25, -0.2) is 4.79 Å². The van der Waals surface area contributed by atoms with Crippen LogP contribution in [0.4, 0.5) is 4.79 Å². The third-order valence-electron chi connectivity index (χ3n) is 4.02. The van der Waals surface area contributed by atoms with Gasteiger partial charge in [0.15, 0.2) is 0 Å². The number of urea groups is 1. The van der Waals surface area contributed by atoms with Gasteiger partial charge in [0.1, 0.15) is 0 Å². The van der Waals surface area contributed by atoms with Gasteiger partial charge in [0.2, 0.25) is 0 Å². The lowest BCUT2D eigenvalue weighted by Crippen LogP contribution is -2.59. The molecule has 1 unspecified atom stereocenters. The molecule has 2 heterocycles. The van der Waals surface area contributed by atoms with Crippen molar-refractivity contribution in [3.8, 4) is 0 Å². The van der Waals surface area contributed by atoms with Crippen molar-refractivity contribution in [2.45, 2.75) is 32.9 Å². The molecule has 2 aliphatic rings. The van der Waals surface area contributed by atoms with E-state index < -0.39 is 0 Å². The highest BCUT2D eigenvalue weighted by atomic mass is 16.2. The van der Waals surface area contributed by atoms with Crippen molar-refractivity contribution in [2.24, 2.45) is 5.92 Å². The average Bonchev–Trinajstić information content (AvgIpc) is 2.44. The lowest BCUT2D eigenvalue weighted by molar-refractivity contribution is 0.0662. The molecule has 0 radical (unpaired) electrons. The minimum atomic E-state index is 0.222. The summed E-state index contributed by atoms with van der Waals surface area (Å²) >= 11 is 0. The highest BCUT2D eigenvalue weighted by Gasteiger charge is 2.43. The van der Waals surface area contributed by atoms with E-state index in [1.54, 1.807) is 0 Å². The molecule has 2 amide bonds. The molecular formula is C12H23N3O. The van der Waals surface area contributed by atoms with E-state index in [-0.39, 0.29) is 6.03 Å². The fourth-order valence-electron chi connectivity index (χ4n) is 2.71. The van der Waals surface area contributed by atoms with Gasteiger partial charge in [-0.15, -0.1) is 0 Å². The number of carbonyl (C=O) groups is 1. The molecule has 1 atom stereocenters. The van der Waals surface area contributed by atoms with E-state index in [0.717, 1.165) is 26.2 Å². The largest absolute Gasteiger partial charge is 0.323 e. The van der Waals surface area contributed by atoms with Crippen molar-refractivity contribution in [1.29, 1.82) is 0 Å². The molecule has 2 rings (SSSR count). The molecule has 0 bridgehead atoms. The van der Waals surface area contributed by atoms with Gasteiger partial charge in [-0.05, 0) is 12.5 Å². The molecule has 0 saturated carbocycles. The monoisotopic (exact) mass is 225 g/mol. The van der Waals surface area contributed by atoms with E-state index in [9.17, 15) is 4.79 Å². The summed E-state index contributed by atoms with van der Waals surface area (Å²) in [6.07, 6.45) is 0. The van der Waals surface area contributed by atoms with E-state index in [0.29, 0.717) is 18.0 Å². The second kappa shape index (κ2) is 4.24. The molecule has 0 aromatic heterocycles. The lowest BCUT2D eigenvalue weighted by Gasteiger charge is -2.43. The highest BCUT2D eigenvalue weighted by Crippen LogP contribution is 2.25. The number of rotatable bonds is 3. The third-order valence-corrected chi connectivity index (χ3v) is 4.02. The third kappa shape index (κ3) is 1.79. The predicted octanol–water partition coefficient (Wildman–Crippen LogP) is 1.08. The lowest BCUT2D eigenvalue weighted by atomic mass is 10.0. The smallest absolute Gasteiger partial charge is 0.320 e. The quantitative estimate of drug-likeness (QED) is 0.718. The molecule has 4 heteroatoms. The minimum absolute atomic E-state index is 0.222. The molecule has 92 valence electrons. The van der Waals surface area contributed by atoms with Crippen molar-refractivity contribution in [3.05, 3.63) is 0 Å². The van der Waals surface area contributed by atoms with Crippen LogP contribution in [0.3, 0.4) is 0 Å². The molecule has 16 heavy (non-hydrogen) atoms. The first-order chi connectivity index (χ1) is 7.54. The Kier molecular flexibility index (Phi) is 3.10. The second-order valence-corrected chi connectivity index (χ2v) is 5.36. The summed E-state index contributed by atoms with van der Waals surface area (Å²) in [5.41, 5.74) is 0.